The third-order valence-electron chi connectivity index (χ3n) is 2.86. The number of ether oxygens (including phenoxy) is 1. The molecule has 0 unspecified atom stereocenters. The summed E-state index contributed by atoms with van der Waals surface area (Å²) >= 11 is 0. The Hall–Kier alpha value is -2.30. The molecule has 1 aliphatic heterocycles. The second kappa shape index (κ2) is 4.42. The Labute approximate surface area is 112 Å². The number of hydrogen-bond donors (Lipinski definition) is 2. The third kappa shape index (κ3) is 2.76. The summed E-state index contributed by atoms with van der Waals surface area (Å²) in [6.07, 6.45) is 3.88. The molecule has 0 aromatic heterocycles. The molecule has 2 rings (SSSR count). The molecule has 0 bridgehead atoms. The van der Waals surface area contributed by atoms with Crippen molar-refractivity contribution in [2.75, 3.05) is 0 Å². The molecular formula is C14H17N3O2. The van der Waals surface area contributed by atoms with Crippen LogP contribution in [0.3, 0.4) is 0 Å². The number of aryl methyl sites for hydroxylation is 1. The smallest absolute Gasteiger partial charge is 0.280 e. The zero-order valence-corrected chi connectivity index (χ0v) is 11.2. The van der Waals surface area contributed by atoms with Crippen LogP contribution in [0.15, 0.2) is 23.2 Å². The summed E-state index contributed by atoms with van der Waals surface area (Å²) in [7, 11) is 0. The van der Waals surface area contributed by atoms with Gasteiger partial charge in [0.1, 0.15) is 11.4 Å². The molecule has 0 saturated carbocycles. The van der Waals surface area contributed by atoms with Crippen molar-refractivity contribution in [2.24, 2.45) is 16.5 Å². The van der Waals surface area contributed by atoms with E-state index in [1.165, 1.54) is 0 Å². The molecule has 0 saturated heterocycles. The van der Waals surface area contributed by atoms with E-state index >= 15 is 0 Å². The number of nitrogens with zero attached hydrogens (tertiary/aromatic N) is 1. The first-order valence-electron chi connectivity index (χ1n) is 5.95. The first-order valence-corrected chi connectivity index (χ1v) is 5.95. The summed E-state index contributed by atoms with van der Waals surface area (Å²) in [6.45, 7) is 5.77. The van der Waals surface area contributed by atoms with Gasteiger partial charge in [0.05, 0.1) is 0 Å². The zero-order valence-electron chi connectivity index (χ0n) is 11.2. The maximum atomic E-state index is 11.9. The van der Waals surface area contributed by atoms with Crippen molar-refractivity contribution in [3.05, 3.63) is 34.9 Å². The summed E-state index contributed by atoms with van der Waals surface area (Å²) in [5.41, 5.74) is 12.2. The average Bonchev–Trinajstić information content (AvgIpc) is 2.25. The van der Waals surface area contributed by atoms with E-state index in [0.29, 0.717) is 5.56 Å². The Morgan fingerprint density at radius 3 is 2.63 bits per heavy atom. The fourth-order valence-corrected chi connectivity index (χ4v) is 1.93. The molecule has 5 heteroatoms. The Morgan fingerprint density at radius 2 is 2.00 bits per heavy atom. The van der Waals surface area contributed by atoms with Crippen LogP contribution in [0.1, 0.15) is 35.3 Å². The highest BCUT2D eigenvalue weighted by molar-refractivity contribution is 6.03. The molecule has 1 heterocycles. The standard InChI is InChI=1S/C14H17N3O2/c1-8-6-11-9(4-5-14(2,3)19-11)7-10(8)12(18)17-13(15)16/h4-7H,1-3H3,(H4,15,16,17,18). The van der Waals surface area contributed by atoms with E-state index in [-0.39, 0.29) is 11.6 Å². The molecule has 1 aromatic rings. The average molecular weight is 259 g/mol. The number of fused-ring (bicyclic) bond motifs is 1. The molecule has 19 heavy (non-hydrogen) atoms. The van der Waals surface area contributed by atoms with Crippen LogP contribution in [-0.2, 0) is 0 Å². The molecule has 1 amide bonds. The predicted octanol–water partition coefficient (Wildman–Crippen LogP) is 1.59. The van der Waals surface area contributed by atoms with Gasteiger partial charge < -0.3 is 16.2 Å². The van der Waals surface area contributed by atoms with Crippen molar-refractivity contribution in [2.45, 2.75) is 26.4 Å². The topological polar surface area (TPSA) is 90.7 Å². The second-order valence-corrected chi connectivity index (χ2v) is 5.09. The zero-order chi connectivity index (χ0) is 14.2. The number of carbonyl (C=O) groups excluding carboxylic acids is 1. The van der Waals surface area contributed by atoms with Gasteiger partial charge in [0.2, 0.25) is 0 Å². The lowest BCUT2D eigenvalue weighted by atomic mass is 9.98. The minimum atomic E-state index is -0.446. The van der Waals surface area contributed by atoms with Gasteiger partial charge in [-0.05, 0) is 44.5 Å². The van der Waals surface area contributed by atoms with E-state index in [9.17, 15) is 4.79 Å². The van der Waals surface area contributed by atoms with Gasteiger partial charge in [0.25, 0.3) is 5.91 Å². The third-order valence-corrected chi connectivity index (χ3v) is 2.86. The van der Waals surface area contributed by atoms with E-state index in [2.05, 4.69) is 4.99 Å². The highest BCUT2D eigenvalue weighted by Crippen LogP contribution is 2.33. The number of carbonyl (C=O) groups is 1. The van der Waals surface area contributed by atoms with Crippen molar-refractivity contribution >= 4 is 17.9 Å². The molecule has 1 aliphatic rings. The summed E-state index contributed by atoms with van der Waals surface area (Å²) in [6, 6.07) is 3.57. The summed E-state index contributed by atoms with van der Waals surface area (Å²) in [5, 5.41) is 0. The van der Waals surface area contributed by atoms with Crippen LogP contribution in [0.4, 0.5) is 0 Å². The van der Waals surface area contributed by atoms with Gasteiger partial charge in [-0.1, -0.05) is 6.08 Å². The Bertz CT molecular complexity index is 597. The van der Waals surface area contributed by atoms with Gasteiger partial charge in [0, 0.05) is 11.1 Å². The molecule has 0 aliphatic carbocycles. The maximum absolute atomic E-state index is 11.9. The number of amides is 1. The molecule has 1 aromatic carbocycles. The lowest BCUT2D eigenvalue weighted by molar-refractivity contribution is 0.100. The number of benzene rings is 1. The lowest BCUT2D eigenvalue weighted by Gasteiger charge is -2.28. The monoisotopic (exact) mass is 259 g/mol. The maximum Gasteiger partial charge on any atom is 0.280 e. The van der Waals surface area contributed by atoms with Gasteiger partial charge in [0.15, 0.2) is 5.96 Å². The molecular weight excluding hydrogens is 242 g/mol. The molecule has 0 fully saturated rings. The first-order chi connectivity index (χ1) is 8.78. The normalized spacial score (nSPS) is 15.3. The highest BCUT2D eigenvalue weighted by Gasteiger charge is 2.23. The van der Waals surface area contributed by atoms with E-state index < -0.39 is 5.91 Å². The van der Waals surface area contributed by atoms with Crippen LogP contribution in [0.5, 0.6) is 5.75 Å². The van der Waals surface area contributed by atoms with Crippen molar-refractivity contribution in [1.29, 1.82) is 0 Å². The number of nitrogens with two attached hydrogens (primary N) is 2. The molecule has 0 atom stereocenters. The SMILES string of the molecule is Cc1cc2c(cc1C(=O)N=C(N)N)C=CC(C)(C)O2. The minimum Gasteiger partial charge on any atom is -0.483 e. The fraction of sp³-hybridized carbons (Fsp3) is 0.286. The molecule has 0 radical (unpaired) electrons. The van der Waals surface area contributed by atoms with E-state index in [1.807, 2.05) is 39.0 Å². The van der Waals surface area contributed by atoms with E-state index in [1.54, 1.807) is 6.07 Å². The van der Waals surface area contributed by atoms with Crippen LogP contribution in [0.2, 0.25) is 0 Å². The minimum absolute atomic E-state index is 0.241. The van der Waals surface area contributed by atoms with Crippen LogP contribution < -0.4 is 16.2 Å². The summed E-state index contributed by atoms with van der Waals surface area (Å²) < 4.78 is 5.83. The molecule has 5 nitrogen and oxygen atoms in total. The van der Waals surface area contributed by atoms with Crippen molar-refractivity contribution in [3.63, 3.8) is 0 Å². The number of hydrogen-bond acceptors (Lipinski definition) is 2. The lowest BCUT2D eigenvalue weighted by Crippen LogP contribution is -2.27. The van der Waals surface area contributed by atoms with E-state index in [0.717, 1.165) is 16.9 Å². The van der Waals surface area contributed by atoms with Crippen LogP contribution in [0, 0.1) is 6.92 Å². The van der Waals surface area contributed by atoms with Gasteiger partial charge in [-0.3, -0.25) is 4.79 Å². The number of rotatable bonds is 1. The molecule has 0 spiro atoms. The largest absolute Gasteiger partial charge is 0.483 e. The number of guanidine groups is 1. The summed E-state index contributed by atoms with van der Waals surface area (Å²) in [4.78, 5) is 15.4. The Morgan fingerprint density at radius 1 is 1.32 bits per heavy atom. The van der Waals surface area contributed by atoms with Crippen LogP contribution in [0.25, 0.3) is 6.08 Å². The van der Waals surface area contributed by atoms with Gasteiger partial charge in [-0.2, -0.15) is 4.99 Å². The highest BCUT2D eigenvalue weighted by atomic mass is 16.5. The van der Waals surface area contributed by atoms with Crippen LogP contribution in [-0.4, -0.2) is 17.5 Å². The Kier molecular flexibility index (Phi) is 3.06. The second-order valence-electron chi connectivity index (χ2n) is 5.09. The molecule has 4 N–H and O–H groups in total. The molecule has 100 valence electrons. The van der Waals surface area contributed by atoms with E-state index in [4.69, 9.17) is 16.2 Å². The quantitative estimate of drug-likeness (QED) is 0.592. The van der Waals surface area contributed by atoms with Crippen molar-refractivity contribution in [1.82, 2.24) is 0 Å². The van der Waals surface area contributed by atoms with Crippen molar-refractivity contribution in [3.8, 4) is 5.75 Å². The van der Waals surface area contributed by atoms with Crippen LogP contribution >= 0.6 is 0 Å². The fourth-order valence-electron chi connectivity index (χ4n) is 1.93. The Balaban J connectivity index is 2.46. The number of aliphatic imine (C=N–C) groups is 1. The van der Waals surface area contributed by atoms with Gasteiger partial charge >= 0.3 is 0 Å². The summed E-state index contributed by atoms with van der Waals surface area (Å²) in [5.74, 6) is 0.0693. The van der Waals surface area contributed by atoms with Gasteiger partial charge in [-0.15, -0.1) is 0 Å². The van der Waals surface area contributed by atoms with Crippen molar-refractivity contribution < 1.29 is 9.53 Å². The van der Waals surface area contributed by atoms with Gasteiger partial charge in [-0.25, -0.2) is 0 Å². The predicted molar refractivity (Wildman–Crippen MR) is 75.1 cm³/mol. The first kappa shape index (κ1) is 13.1.